The molecular formula is C20H22NO6-. The van der Waals surface area contributed by atoms with Crippen LogP contribution < -0.4 is 15.5 Å². The van der Waals surface area contributed by atoms with Crippen LogP contribution in [0, 0.1) is 12.8 Å². The molecule has 3 rings (SSSR count). The minimum Gasteiger partial charge on any atom is -0.550 e. The third kappa shape index (κ3) is 3.97. The van der Waals surface area contributed by atoms with E-state index in [-0.39, 0.29) is 18.7 Å². The van der Waals surface area contributed by atoms with Crippen LogP contribution in [0.2, 0.25) is 0 Å². The molecule has 0 atom stereocenters. The Morgan fingerprint density at radius 3 is 2.63 bits per heavy atom. The fraction of sp³-hybridized carbons (Fsp3) is 0.450. The summed E-state index contributed by atoms with van der Waals surface area (Å²) in [6.45, 7) is 2.65. The minimum atomic E-state index is -1.05. The lowest BCUT2D eigenvalue weighted by atomic mass is 9.96. The molecular weight excluding hydrogens is 350 g/mol. The van der Waals surface area contributed by atoms with E-state index in [1.165, 1.54) is 0 Å². The lowest BCUT2D eigenvalue weighted by Crippen LogP contribution is -2.43. The first-order valence-electron chi connectivity index (χ1n) is 8.99. The molecule has 0 saturated carbocycles. The van der Waals surface area contributed by atoms with Crippen molar-refractivity contribution >= 4 is 22.8 Å². The fourth-order valence-electron chi connectivity index (χ4n) is 3.55. The number of hydrogen-bond acceptors (Lipinski definition) is 6. The van der Waals surface area contributed by atoms with Gasteiger partial charge in [-0.25, -0.2) is 4.79 Å². The summed E-state index contributed by atoms with van der Waals surface area (Å²) < 4.78 is 10.5. The Labute approximate surface area is 156 Å². The third-order valence-electron chi connectivity index (χ3n) is 5.26. The number of nitrogens with zero attached hydrogens (tertiary/aromatic N) is 1. The number of rotatable bonds is 5. The maximum atomic E-state index is 12.4. The predicted molar refractivity (Wildman–Crippen MR) is 96.4 cm³/mol. The zero-order valence-electron chi connectivity index (χ0n) is 15.4. The molecule has 0 bridgehead atoms. The highest BCUT2D eigenvalue weighted by molar-refractivity contribution is 5.83. The number of carbonyl (C=O) groups is 2. The van der Waals surface area contributed by atoms with Crippen molar-refractivity contribution in [1.82, 2.24) is 4.90 Å². The Hall–Kier alpha value is -2.83. The van der Waals surface area contributed by atoms with E-state index >= 15 is 0 Å². The molecule has 0 aliphatic carbocycles. The lowest BCUT2D eigenvalue weighted by Gasteiger charge is -2.32. The van der Waals surface area contributed by atoms with E-state index in [1.54, 1.807) is 24.1 Å². The zero-order chi connectivity index (χ0) is 19.6. The maximum absolute atomic E-state index is 12.4. The van der Waals surface area contributed by atoms with Gasteiger partial charge in [0.25, 0.3) is 0 Å². The van der Waals surface area contributed by atoms with Crippen LogP contribution in [0.25, 0.3) is 11.0 Å². The molecule has 1 amide bonds. The number of hydrogen-bond donors (Lipinski definition) is 0. The van der Waals surface area contributed by atoms with Crippen molar-refractivity contribution in [1.29, 1.82) is 0 Å². The van der Waals surface area contributed by atoms with Crippen molar-refractivity contribution in [2.45, 2.75) is 32.6 Å². The van der Waals surface area contributed by atoms with Crippen LogP contribution in [0.3, 0.4) is 0 Å². The summed E-state index contributed by atoms with van der Waals surface area (Å²) in [6, 6.07) is 5.30. The van der Waals surface area contributed by atoms with Crippen LogP contribution >= 0.6 is 0 Å². The first kappa shape index (κ1) is 18.9. The number of ether oxygens (including phenoxy) is 1. The summed E-state index contributed by atoms with van der Waals surface area (Å²) in [5.74, 6) is -1.02. The second-order valence-corrected chi connectivity index (χ2v) is 6.83. The van der Waals surface area contributed by atoms with Crippen molar-refractivity contribution in [3.8, 4) is 5.75 Å². The lowest BCUT2D eigenvalue weighted by molar-refractivity contribution is -0.312. The number of carbonyl (C=O) groups excluding carboxylic acids is 2. The molecule has 0 unspecified atom stereocenters. The highest BCUT2D eigenvalue weighted by Crippen LogP contribution is 2.25. The topological polar surface area (TPSA) is 99.9 Å². The number of carboxylic acids is 1. The first-order valence-corrected chi connectivity index (χ1v) is 8.99. The van der Waals surface area contributed by atoms with E-state index in [1.807, 2.05) is 13.0 Å². The monoisotopic (exact) mass is 372 g/mol. The molecule has 1 saturated heterocycles. The highest BCUT2D eigenvalue weighted by atomic mass is 16.5. The number of aliphatic carboxylic acids is 1. The number of amides is 1. The van der Waals surface area contributed by atoms with E-state index < -0.39 is 17.5 Å². The Morgan fingerprint density at radius 1 is 1.30 bits per heavy atom. The molecule has 0 radical (unpaired) electrons. The van der Waals surface area contributed by atoms with Crippen LogP contribution in [0.1, 0.15) is 30.4 Å². The Balaban J connectivity index is 1.71. The molecule has 1 fully saturated rings. The number of piperidine rings is 1. The molecule has 2 aromatic rings. The average molecular weight is 372 g/mol. The molecule has 27 heavy (non-hydrogen) atoms. The normalized spacial score (nSPS) is 15.1. The van der Waals surface area contributed by atoms with Gasteiger partial charge < -0.3 is 24.0 Å². The van der Waals surface area contributed by atoms with Crippen LogP contribution in [-0.4, -0.2) is 37.0 Å². The number of carboxylic acid groups (broad SMARTS) is 1. The standard InChI is InChI=1S/C20H23NO6/c1-12-15-4-3-14(26-2)11-17(15)27-20(25)16(12)5-6-18(22)21-9-7-13(8-10-21)19(23)24/h3-4,11,13H,5-10H2,1-2H3,(H,23,24)/p-1. The summed E-state index contributed by atoms with van der Waals surface area (Å²) in [4.78, 5) is 37.3. The van der Waals surface area contributed by atoms with Gasteiger partial charge in [-0.05, 0) is 43.9 Å². The van der Waals surface area contributed by atoms with Crippen molar-refractivity contribution in [3.05, 3.63) is 39.7 Å². The van der Waals surface area contributed by atoms with E-state index in [0.29, 0.717) is 42.8 Å². The van der Waals surface area contributed by atoms with E-state index in [9.17, 15) is 19.5 Å². The summed E-state index contributed by atoms with van der Waals surface area (Å²) in [5, 5.41) is 11.7. The molecule has 0 N–H and O–H groups in total. The number of benzene rings is 1. The van der Waals surface area contributed by atoms with Gasteiger partial charge in [0.2, 0.25) is 5.91 Å². The third-order valence-corrected chi connectivity index (χ3v) is 5.26. The van der Waals surface area contributed by atoms with E-state index in [4.69, 9.17) is 9.15 Å². The van der Waals surface area contributed by atoms with Gasteiger partial charge >= 0.3 is 5.63 Å². The van der Waals surface area contributed by atoms with Gasteiger partial charge in [-0.1, -0.05) is 0 Å². The fourth-order valence-corrected chi connectivity index (χ4v) is 3.55. The molecule has 1 aliphatic rings. The van der Waals surface area contributed by atoms with E-state index in [0.717, 1.165) is 10.9 Å². The van der Waals surface area contributed by atoms with Crippen molar-refractivity contribution in [2.24, 2.45) is 5.92 Å². The van der Waals surface area contributed by atoms with Crippen LogP contribution in [0.15, 0.2) is 27.4 Å². The quantitative estimate of drug-likeness (QED) is 0.727. The van der Waals surface area contributed by atoms with Gasteiger partial charge in [-0.2, -0.15) is 0 Å². The van der Waals surface area contributed by atoms with Gasteiger partial charge in [0.1, 0.15) is 11.3 Å². The molecule has 1 aliphatic heterocycles. The number of fused-ring (bicyclic) bond motifs is 1. The van der Waals surface area contributed by atoms with Gasteiger partial charge in [-0.15, -0.1) is 0 Å². The Morgan fingerprint density at radius 2 is 2.00 bits per heavy atom. The van der Waals surface area contributed by atoms with Crippen molar-refractivity contribution < 1.29 is 23.8 Å². The van der Waals surface area contributed by atoms with Crippen LogP contribution in [-0.2, 0) is 16.0 Å². The van der Waals surface area contributed by atoms with Crippen LogP contribution in [0.5, 0.6) is 5.75 Å². The van der Waals surface area contributed by atoms with Gasteiger partial charge in [-0.3, -0.25) is 4.79 Å². The highest BCUT2D eigenvalue weighted by Gasteiger charge is 2.23. The number of methoxy groups -OCH3 is 1. The van der Waals surface area contributed by atoms with Gasteiger partial charge in [0, 0.05) is 48.4 Å². The molecule has 144 valence electrons. The molecule has 1 aromatic heterocycles. The summed E-state index contributed by atoms with van der Waals surface area (Å²) in [5.41, 5.74) is 1.30. The number of aryl methyl sites for hydroxylation is 1. The SMILES string of the molecule is COc1ccc2c(C)c(CCC(=O)N3CCC(C(=O)[O-])CC3)c(=O)oc2c1. The predicted octanol–water partition coefficient (Wildman–Crippen LogP) is 1.03. The second-order valence-electron chi connectivity index (χ2n) is 6.83. The van der Waals surface area contributed by atoms with Crippen molar-refractivity contribution in [2.75, 3.05) is 20.2 Å². The molecule has 0 spiro atoms. The average Bonchev–Trinajstić information content (AvgIpc) is 2.67. The summed E-state index contributed by atoms with van der Waals surface area (Å²) >= 11 is 0. The molecule has 7 nitrogen and oxygen atoms in total. The second kappa shape index (κ2) is 7.82. The smallest absolute Gasteiger partial charge is 0.339 e. The zero-order valence-corrected chi connectivity index (χ0v) is 15.4. The summed E-state index contributed by atoms with van der Waals surface area (Å²) in [7, 11) is 1.54. The molecule has 1 aromatic carbocycles. The minimum absolute atomic E-state index is 0.0829. The Bertz CT molecular complexity index is 924. The van der Waals surface area contributed by atoms with E-state index in [2.05, 4.69) is 0 Å². The number of likely N-dealkylation sites (tertiary alicyclic amines) is 1. The van der Waals surface area contributed by atoms with Crippen molar-refractivity contribution in [3.63, 3.8) is 0 Å². The first-order chi connectivity index (χ1) is 12.9. The van der Waals surface area contributed by atoms with Gasteiger partial charge in [0.05, 0.1) is 7.11 Å². The van der Waals surface area contributed by atoms with Gasteiger partial charge in [0.15, 0.2) is 0 Å². The molecule has 2 heterocycles. The Kier molecular flexibility index (Phi) is 5.48. The maximum Gasteiger partial charge on any atom is 0.339 e. The molecule has 7 heteroatoms. The largest absolute Gasteiger partial charge is 0.550 e. The van der Waals surface area contributed by atoms with Crippen LogP contribution in [0.4, 0.5) is 0 Å². The summed E-state index contributed by atoms with van der Waals surface area (Å²) in [6.07, 6.45) is 1.29.